The second-order valence-corrected chi connectivity index (χ2v) is 5.84. The van der Waals surface area contributed by atoms with Crippen molar-refractivity contribution in [2.75, 3.05) is 0 Å². The van der Waals surface area contributed by atoms with Gasteiger partial charge in [0.2, 0.25) is 0 Å². The average Bonchev–Trinajstić information content (AvgIpc) is 2.93. The molecule has 0 aliphatic rings. The molecular formula is C12H8BrN3O2S. The van der Waals surface area contributed by atoms with Gasteiger partial charge in [0.25, 0.3) is 0 Å². The molecule has 0 bridgehead atoms. The third-order valence-corrected chi connectivity index (χ3v) is 4.31. The predicted octanol–water partition coefficient (Wildman–Crippen LogP) is 3.23. The quantitative estimate of drug-likeness (QED) is 0.779. The predicted molar refractivity (Wildman–Crippen MR) is 75.7 cm³/mol. The molecular weight excluding hydrogens is 330 g/mol. The van der Waals surface area contributed by atoms with E-state index in [0.29, 0.717) is 5.65 Å². The first-order valence-electron chi connectivity index (χ1n) is 5.40. The maximum Gasteiger partial charge on any atom is 0.356 e. The first kappa shape index (κ1) is 12.3. The van der Waals surface area contributed by atoms with Crippen LogP contribution in [-0.4, -0.2) is 25.7 Å². The molecule has 19 heavy (non-hydrogen) atoms. The van der Waals surface area contributed by atoms with Crippen molar-refractivity contribution in [2.45, 2.75) is 6.92 Å². The van der Waals surface area contributed by atoms with Crippen molar-refractivity contribution in [3.63, 3.8) is 0 Å². The number of nitrogens with zero attached hydrogens (tertiary/aromatic N) is 3. The van der Waals surface area contributed by atoms with Crippen LogP contribution in [0.25, 0.3) is 16.2 Å². The maximum absolute atomic E-state index is 11.0. The van der Waals surface area contributed by atoms with E-state index in [9.17, 15) is 4.79 Å². The fourth-order valence-electron chi connectivity index (χ4n) is 1.83. The second-order valence-electron chi connectivity index (χ2n) is 4.02. The van der Waals surface area contributed by atoms with Crippen molar-refractivity contribution in [3.8, 4) is 10.6 Å². The Bertz CT molecular complexity index is 793. The minimum atomic E-state index is -1.05. The van der Waals surface area contributed by atoms with Gasteiger partial charge >= 0.3 is 5.97 Å². The first-order valence-corrected chi connectivity index (χ1v) is 7.07. The van der Waals surface area contributed by atoms with Crippen LogP contribution in [0, 0.1) is 6.92 Å². The number of halogens is 1. The molecule has 0 aliphatic carbocycles. The van der Waals surface area contributed by atoms with Gasteiger partial charge in [-0.3, -0.25) is 0 Å². The van der Waals surface area contributed by atoms with Crippen molar-refractivity contribution in [1.29, 1.82) is 0 Å². The lowest BCUT2D eigenvalue weighted by atomic mass is 10.3. The topological polar surface area (TPSA) is 67.5 Å². The van der Waals surface area contributed by atoms with Gasteiger partial charge in [0, 0.05) is 21.6 Å². The number of thiophene rings is 1. The fourth-order valence-corrected chi connectivity index (χ4v) is 3.26. The summed E-state index contributed by atoms with van der Waals surface area (Å²) in [6, 6.07) is 5.34. The molecule has 0 aliphatic heterocycles. The van der Waals surface area contributed by atoms with E-state index >= 15 is 0 Å². The lowest BCUT2D eigenvalue weighted by molar-refractivity contribution is 0.0690. The lowest BCUT2D eigenvalue weighted by Gasteiger charge is -2.03. The summed E-state index contributed by atoms with van der Waals surface area (Å²) >= 11 is 4.97. The molecule has 0 amide bonds. The molecule has 0 atom stereocenters. The Morgan fingerprint density at radius 2 is 2.21 bits per heavy atom. The Morgan fingerprint density at radius 3 is 2.84 bits per heavy atom. The number of hydrogen-bond acceptors (Lipinski definition) is 4. The van der Waals surface area contributed by atoms with Gasteiger partial charge in [-0.25, -0.2) is 14.3 Å². The molecule has 3 aromatic heterocycles. The van der Waals surface area contributed by atoms with Crippen LogP contribution in [0.2, 0.25) is 0 Å². The summed E-state index contributed by atoms with van der Waals surface area (Å²) in [6.45, 7) is 1.87. The van der Waals surface area contributed by atoms with Gasteiger partial charge in [0.15, 0.2) is 11.3 Å². The van der Waals surface area contributed by atoms with E-state index in [2.05, 4.69) is 26.0 Å². The highest BCUT2D eigenvalue weighted by Gasteiger charge is 2.14. The molecule has 5 nitrogen and oxygen atoms in total. The SMILES string of the molecule is Cc1cc(-c2cc(Br)cs2)n2nc(C(=O)O)cc2n1. The Balaban J connectivity index is 2.31. The normalized spacial score (nSPS) is 11.1. The average molecular weight is 338 g/mol. The Hall–Kier alpha value is -1.73. The van der Waals surface area contributed by atoms with Crippen molar-refractivity contribution >= 4 is 38.9 Å². The first-order chi connectivity index (χ1) is 9.04. The Morgan fingerprint density at radius 1 is 1.42 bits per heavy atom. The lowest BCUT2D eigenvalue weighted by Crippen LogP contribution is -2.00. The summed E-state index contributed by atoms with van der Waals surface area (Å²) < 4.78 is 2.55. The van der Waals surface area contributed by atoms with Crippen LogP contribution >= 0.6 is 27.3 Å². The third-order valence-electron chi connectivity index (χ3n) is 2.59. The molecule has 0 radical (unpaired) electrons. The zero-order valence-electron chi connectivity index (χ0n) is 9.79. The number of rotatable bonds is 2. The van der Waals surface area contributed by atoms with Gasteiger partial charge in [-0.1, -0.05) is 0 Å². The molecule has 0 saturated heterocycles. The molecule has 0 spiro atoms. The van der Waals surface area contributed by atoms with Gasteiger partial charge < -0.3 is 5.11 Å². The van der Waals surface area contributed by atoms with Crippen molar-refractivity contribution < 1.29 is 9.90 Å². The molecule has 96 valence electrons. The summed E-state index contributed by atoms with van der Waals surface area (Å²) in [4.78, 5) is 16.3. The number of aryl methyl sites for hydroxylation is 1. The van der Waals surface area contributed by atoms with E-state index in [1.807, 2.05) is 24.4 Å². The highest BCUT2D eigenvalue weighted by atomic mass is 79.9. The van der Waals surface area contributed by atoms with E-state index in [1.165, 1.54) is 6.07 Å². The van der Waals surface area contributed by atoms with Crippen LogP contribution in [0.5, 0.6) is 0 Å². The van der Waals surface area contributed by atoms with Crippen molar-refractivity contribution in [2.24, 2.45) is 0 Å². The van der Waals surface area contributed by atoms with Gasteiger partial charge in [-0.15, -0.1) is 11.3 Å². The number of carboxylic acids is 1. The Kier molecular flexibility index (Phi) is 2.87. The maximum atomic E-state index is 11.0. The summed E-state index contributed by atoms with van der Waals surface area (Å²) in [5.41, 5.74) is 2.20. The number of aromatic carboxylic acids is 1. The Labute approximate surface area is 120 Å². The van der Waals surface area contributed by atoms with Crippen LogP contribution in [0.4, 0.5) is 0 Å². The second kappa shape index (κ2) is 4.43. The molecule has 0 saturated carbocycles. The van der Waals surface area contributed by atoms with Crippen LogP contribution in [-0.2, 0) is 0 Å². The summed E-state index contributed by atoms with van der Waals surface area (Å²) in [5.74, 6) is -1.05. The molecule has 1 N–H and O–H groups in total. The van der Waals surface area contributed by atoms with Gasteiger partial charge in [-0.2, -0.15) is 5.10 Å². The van der Waals surface area contributed by atoms with Crippen LogP contribution in [0.15, 0.2) is 28.1 Å². The zero-order chi connectivity index (χ0) is 13.6. The number of hydrogen-bond donors (Lipinski definition) is 1. The van der Waals surface area contributed by atoms with E-state index in [4.69, 9.17) is 5.11 Å². The molecule has 7 heteroatoms. The van der Waals surface area contributed by atoms with E-state index in [1.54, 1.807) is 15.9 Å². The van der Waals surface area contributed by atoms with E-state index < -0.39 is 5.97 Å². The smallest absolute Gasteiger partial charge is 0.356 e. The van der Waals surface area contributed by atoms with Gasteiger partial charge in [-0.05, 0) is 35.0 Å². The number of fused-ring (bicyclic) bond motifs is 1. The fraction of sp³-hybridized carbons (Fsp3) is 0.0833. The van der Waals surface area contributed by atoms with Crippen LogP contribution in [0.1, 0.15) is 16.2 Å². The van der Waals surface area contributed by atoms with Gasteiger partial charge in [0.05, 0.1) is 10.6 Å². The number of carbonyl (C=O) groups is 1. The van der Waals surface area contributed by atoms with Crippen molar-refractivity contribution in [1.82, 2.24) is 14.6 Å². The number of aromatic nitrogens is 3. The largest absolute Gasteiger partial charge is 0.476 e. The minimum absolute atomic E-state index is 0.00466. The summed E-state index contributed by atoms with van der Waals surface area (Å²) in [5, 5.41) is 15.1. The van der Waals surface area contributed by atoms with E-state index in [0.717, 1.165) is 20.7 Å². The molecule has 0 unspecified atom stereocenters. The molecule has 3 heterocycles. The summed E-state index contributed by atoms with van der Waals surface area (Å²) in [7, 11) is 0. The molecule has 0 aromatic carbocycles. The van der Waals surface area contributed by atoms with Crippen LogP contribution in [0.3, 0.4) is 0 Å². The van der Waals surface area contributed by atoms with Crippen LogP contribution < -0.4 is 0 Å². The monoisotopic (exact) mass is 337 g/mol. The number of carboxylic acid groups (broad SMARTS) is 1. The molecule has 3 rings (SSSR count). The minimum Gasteiger partial charge on any atom is -0.476 e. The highest BCUT2D eigenvalue weighted by Crippen LogP contribution is 2.30. The standard InChI is InChI=1S/C12H8BrN3O2S/c1-6-2-9(10-3-7(13)5-19-10)16-11(14-6)4-8(15-16)12(17)18/h2-5H,1H3,(H,17,18). The third kappa shape index (κ3) is 2.15. The summed E-state index contributed by atoms with van der Waals surface area (Å²) in [6.07, 6.45) is 0. The molecule has 3 aromatic rings. The molecule has 0 fully saturated rings. The van der Waals surface area contributed by atoms with Crippen molar-refractivity contribution in [3.05, 3.63) is 39.4 Å². The van der Waals surface area contributed by atoms with E-state index in [-0.39, 0.29) is 5.69 Å². The van der Waals surface area contributed by atoms with Gasteiger partial charge in [0.1, 0.15) is 0 Å². The zero-order valence-corrected chi connectivity index (χ0v) is 12.2. The highest BCUT2D eigenvalue weighted by molar-refractivity contribution is 9.10.